The predicted molar refractivity (Wildman–Crippen MR) is 78.7 cm³/mol. The number of carbonyl (C=O) groups is 1. The Balaban J connectivity index is 1.73. The second-order valence-electron chi connectivity index (χ2n) is 5.90. The van der Waals surface area contributed by atoms with Gasteiger partial charge in [-0.25, -0.2) is 9.78 Å². The van der Waals surface area contributed by atoms with E-state index in [9.17, 15) is 4.79 Å². The molecule has 20 heavy (non-hydrogen) atoms. The molecule has 1 heterocycles. The Bertz CT molecular complexity index is 482. The summed E-state index contributed by atoms with van der Waals surface area (Å²) in [6.45, 7) is 5.75. The molecular formula is C14H19BrN2O3. The number of nitrogens with zero attached hydrogens (tertiary/aromatic N) is 1. The van der Waals surface area contributed by atoms with Gasteiger partial charge < -0.3 is 14.8 Å². The average molecular weight is 343 g/mol. The van der Waals surface area contributed by atoms with Gasteiger partial charge in [-0.3, -0.25) is 0 Å². The Morgan fingerprint density at radius 1 is 1.40 bits per heavy atom. The number of alkyl carbamates (subject to hydrolysis) is 1. The van der Waals surface area contributed by atoms with Crippen LogP contribution in [0.2, 0.25) is 0 Å². The molecule has 0 aromatic carbocycles. The highest BCUT2D eigenvalue weighted by molar-refractivity contribution is 9.10. The Kier molecular flexibility index (Phi) is 4.52. The quantitative estimate of drug-likeness (QED) is 0.915. The van der Waals surface area contributed by atoms with Crippen LogP contribution in [0.5, 0.6) is 5.88 Å². The van der Waals surface area contributed by atoms with E-state index >= 15 is 0 Å². The van der Waals surface area contributed by atoms with Crippen molar-refractivity contribution in [2.45, 2.75) is 51.4 Å². The highest BCUT2D eigenvalue weighted by atomic mass is 79.9. The van der Waals surface area contributed by atoms with Gasteiger partial charge in [0.1, 0.15) is 12.2 Å². The van der Waals surface area contributed by atoms with Crippen LogP contribution in [0.1, 0.15) is 33.6 Å². The van der Waals surface area contributed by atoms with Crippen LogP contribution in [0.15, 0.2) is 22.8 Å². The first-order valence-electron chi connectivity index (χ1n) is 6.59. The van der Waals surface area contributed by atoms with E-state index in [2.05, 4.69) is 26.2 Å². The van der Waals surface area contributed by atoms with Crippen LogP contribution >= 0.6 is 15.9 Å². The molecule has 1 saturated carbocycles. The fourth-order valence-electron chi connectivity index (χ4n) is 1.81. The lowest BCUT2D eigenvalue weighted by atomic mass is 9.92. The summed E-state index contributed by atoms with van der Waals surface area (Å²) in [7, 11) is 0. The van der Waals surface area contributed by atoms with Crippen LogP contribution < -0.4 is 10.1 Å². The smallest absolute Gasteiger partial charge is 0.407 e. The van der Waals surface area contributed by atoms with Gasteiger partial charge >= 0.3 is 6.09 Å². The maximum atomic E-state index is 11.6. The number of aromatic nitrogens is 1. The van der Waals surface area contributed by atoms with Crippen molar-refractivity contribution in [2.24, 2.45) is 0 Å². The van der Waals surface area contributed by atoms with Crippen LogP contribution in [0.25, 0.3) is 0 Å². The monoisotopic (exact) mass is 342 g/mol. The maximum Gasteiger partial charge on any atom is 0.407 e. The van der Waals surface area contributed by atoms with Crippen LogP contribution in [-0.4, -0.2) is 28.8 Å². The van der Waals surface area contributed by atoms with Gasteiger partial charge in [-0.2, -0.15) is 0 Å². The zero-order valence-electron chi connectivity index (χ0n) is 11.9. The molecule has 0 aliphatic heterocycles. The lowest BCUT2D eigenvalue weighted by Crippen LogP contribution is -2.46. The number of nitrogens with one attached hydrogen (secondary N) is 1. The number of hydrogen-bond acceptors (Lipinski definition) is 4. The van der Waals surface area contributed by atoms with Gasteiger partial charge in [0.15, 0.2) is 0 Å². The fraction of sp³-hybridized carbons (Fsp3) is 0.571. The highest BCUT2D eigenvalue weighted by Crippen LogP contribution is 2.30. The third kappa shape index (κ3) is 4.37. The van der Waals surface area contributed by atoms with E-state index < -0.39 is 0 Å². The van der Waals surface area contributed by atoms with E-state index in [-0.39, 0.29) is 23.8 Å². The largest absolute Gasteiger partial charge is 0.473 e. The van der Waals surface area contributed by atoms with Gasteiger partial charge in [0.25, 0.3) is 0 Å². The number of ether oxygens (including phenoxy) is 2. The van der Waals surface area contributed by atoms with E-state index in [0.29, 0.717) is 18.7 Å². The summed E-state index contributed by atoms with van der Waals surface area (Å²) in [6.07, 6.45) is 2.67. The van der Waals surface area contributed by atoms with Crippen molar-refractivity contribution in [2.75, 3.05) is 0 Å². The number of amides is 1. The summed E-state index contributed by atoms with van der Waals surface area (Å²) in [5.41, 5.74) is -0.282. The molecule has 1 amide bonds. The molecule has 1 aliphatic carbocycles. The second-order valence-corrected chi connectivity index (χ2v) is 6.76. The van der Waals surface area contributed by atoms with Gasteiger partial charge in [0, 0.05) is 24.6 Å². The molecule has 1 aromatic rings. The molecule has 0 saturated heterocycles. The van der Waals surface area contributed by atoms with E-state index in [1.807, 2.05) is 32.9 Å². The molecule has 5 nitrogen and oxygen atoms in total. The normalized spacial score (nSPS) is 21.8. The number of pyridine rings is 1. The number of halogens is 1. The minimum atomic E-state index is -0.375. The van der Waals surface area contributed by atoms with Crippen molar-refractivity contribution >= 4 is 22.0 Å². The van der Waals surface area contributed by atoms with Crippen LogP contribution in [0.3, 0.4) is 0 Å². The van der Waals surface area contributed by atoms with Gasteiger partial charge in [-0.15, -0.1) is 0 Å². The first-order valence-corrected chi connectivity index (χ1v) is 7.39. The summed E-state index contributed by atoms with van der Waals surface area (Å²) in [5, 5.41) is 2.77. The molecule has 1 fully saturated rings. The summed E-state index contributed by atoms with van der Waals surface area (Å²) in [5.74, 6) is 0.579. The number of rotatable bonds is 3. The Morgan fingerprint density at radius 2 is 2.10 bits per heavy atom. The molecule has 0 atom stereocenters. The highest BCUT2D eigenvalue weighted by Gasteiger charge is 2.35. The molecule has 2 rings (SSSR count). The fourth-order valence-corrected chi connectivity index (χ4v) is 2.16. The van der Waals surface area contributed by atoms with Crippen LogP contribution in [0.4, 0.5) is 4.79 Å². The first-order chi connectivity index (χ1) is 9.33. The third-order valence-corrected chi connectivity index (χ3v) is 3.41. The van der Waals surface area contributed by atoms with Crippen molar-refractivity contribution in [1.82, 2.24) is 10.3 Å². The molecule has 1 aromatic heterocycles. The molecule has 1 aliphatic rings. The molecule has 110 valence electrons. The van der Waals surface area contributed by atoms with E-state index in [1.54, 1.807) is 6.20 Å². The average Bonchev–Trinajstić information content (AvgIpc) is 2.26. The maximum absolute atomic E-state index is 11.6. The van der Waals surface area contributed by atoms with E-state index in [0.717, 1.165) is 4.47 Å². The summed E-state index contributed by atoms with van der Waals surface area (Å²) in [4.78, 5) is 15.7. The SMILES string of the molecule is CC(C)(C)NC(=O)OC1CC(Oc2ncccc2Br)C1. The second kappa shape index (κ2) is 5.99. The van der Waals surface area contributed by atoms with Crippen LogP contribution in [-0.2, 0) is 4.74 Å². The minimum Gasteiger partial charge on any atom is -0.473 e. The molecule has 0 unspecified atom stereocenters. The van der Waals surface area contributed by atoms with E-state index in [1.165, 1.54) is 0 Å². The molecule has 0 radical (unpaired) electrons. The predicted octanol–water partition coefficient (Wildman–Crippen LogP) is 3.28. The topological polar surface area (TPSA) is 60.5 Å². The van der Waals surface area contributed by atoms with Gasteiger partial charge in [-0.1, -0.05) is 0 Å². The van der Waals surface area contributed by atoms with Gasteiger partial charge in [0.2, 0.25) is 5.88 Å². The zero-order valence-corrected chi connectivity index (χ0v) is 13.4. The number of carbonyl (C=O) groups excluding carboxylic acids is 1. The van der Waals surface area contributed by atoms with Crippen molar-refractivity contribution in [1.29, 1.82) is 0 Å². The molecule has 6 heteroatoms. The Hall–Kier alpha value is -1.30. The van der Waals surface area contributed by atoms with Crippen LogP contribution in [0, 0.1) is 0 Å². The standard InChI is InChI=1S/C14H19BrN2O3/c1-14(2,3)17-13(18)20-10-7-9(8-10)19-12-11(15)5-4-6-16-12/h4-6,9-10H,7-8H2,1-3H3,(H,17,18). The summed E-state index contributed by atoms with van der Waals surface area (Å²) >= 11 is 3.38. The molecule has 0 bridgehead atoms. The molecule has 1 N–H and O–H groups in total. The first kappa shape index (κ1) is 15.1. The van der Waals surface area contributed by atoms with Crippen molar-refractivity contribution in [3.63, 3.8) is 0 Å². The lowest BCUT2D eigenvalue weighted by Gasteiger charge is -2.35. The van der Waals surface area contributed by atoms with Gasteiger partial charge in [-0.05, 0) is 48.8 Å². The lowest BCUT2D eigenvalue weighted by molar-refractivity contribution is -0.0262. The Labute approximate surface area is 127 Å². The summed E-state index contributed by atoms with van der Waals surface area (Å²) < 4.78 is 11.9. The van der Waals surface area contributed by atoms with Crippen molar-refractivity contribution in [3.8, 4) is 5.88 Å². The van der Waals surface area contributed by atoms with E-state index in [4.69, 9.17) is 9.47 Å². The van der Waals surface area contributed by atoms with Gasteiger partial charge in [0.05, 0.1) is 4.47 Å². The molecule has 0 spiro atoms. The molecular weight excluding hydrogens is 324 g/mol. The zero-order chi connectivity index (χ0) is 14.8. The Morgan fingerprint density at radius 3 is 2.70 bits per heavy atom. The third-order valence-electron chi connectivity index (χ3n) is 2.81. The number of hydrogen-bond donors (Lipinski definition) is 1. The summed E-state index contributed by atoms with van der Waals surface area (Å²) in [6, 6.07) is 3.71. The van der Waals surface area contributed by atoms with Crippen molar-refractivity contribution < 1.29 is 14.3 Å². The minimum absolute atomic E-state index is 0.0497. The van der Waals surface area contributed by atoms with Crippen molar-refractivity contribution in [3.05, 3.63) is 22.8 Å².